The molecule has 1 N–H and O–H groups in total. The van der Waals surface area contributed by atoms with Crippen LogP contribution in [0.5, 0.6) is 0 Å². The van der Waals surface area contributed by atoms with E-state index in [4.69, 9.17) is 9.84 Å². The third-order valence-corrected chi connectivity index (χ3v) is 3.05. The lowest BCUT2D eigenvalue weighted by Gasteiger charge is -2.30. The van der Waals surface area contributed by atoms with Gasteiger partial charge in [0.05, 0.1) is 0 Å². The summed E-state index contributed by atoms with van der Waals surface area (Å²) in [6.45, 7) is 3.56. The molecule has 1 saturated carbocycles. The van der Waals surface area contributed by atoms with Crippen LogP contribution in [0, 0.1) is 5.92 Å². The van der Waals surface area contributed by atoms with Gasteiger partial charge >= 0.3 is 12.3 Å². The van der Waals surface area contributed by atoms with Gasteiger partial charge in [0.1, 0.15) is 5.60 Å². The van der Waals surface area contributed by atoms with E-state index in [0.717, 1.165) is 19.3 Å². The second kappa shape index (κ2) is 6.47. The Morgan fingerprint density at radius 1 is 1.17 bits per heavy atom. The number of rotatable bonds is 3. The van der Waals surface area contributed by atoms with Crippen molar-refractivity contribution < 1.29 is 29.2 Å². The topological polar surface area (TPSA) is 82.1 Å². The molecule has 0 atom stereocenters. The van der Waals surface area contributed by atoms with Gasteiger partial charge in [0.15, 0.2) is 0 Å². The molecule has 1 rings (SSSR count). The van der Waals surface area contributed by atoms with Crippen LogP contribution in [0.2, 0.25) is 0 Å². The van der Waals surface area contributed by atoms with Crippen molar-refractivity contribution in [3.8, 4) is 0 Å². The van der Waals surface area contributed by atoms with Crippen molar-refractivity contribution in [1.82, 2.24) is 0 Å². The molecule has 6 nitrogen and oxygen atoms in total. The van der Waals surface area contributed by atoms with Crippen LogP contribution in [0.25, 0.3) is 0 Å². The van der Waals surface area contributed by atoms with Gasteiger partial charge in [0, 0.05) is 0 Å². The molecule has 0 heterocycles. The van der Waals surface area contributed by atoms with E-state index in [-0.39, 0.29) is 0 Å². The fourth-order valence-corrected chi connectivity index (χ4v) is 2.44. The number of hydrogen-bond donors (Lipinski definition) is 1. The van der Waals surface area contributed by atoms with Crippen molar-refractivity contribution in [2.75, 3.05) is 0 Å². The van der Waals surface area contributed by atoms with E-state index in [9.17, 15) is 9.59 Å². The van der Waals surface area contributed by atoms with Gasteiger partial charge in [-0.3, -0.25) is 0 Å². The maximum Gasteiger partial charge on any atom is 0.550 e. The quantitative estimate of drug-likeness (QED) is 0.475. The summed E-state index contributed by atoms with van der Waals surface area (Å²) in [5, 5.41) is 8.17. The molecular formula is C12H20O6. The smallest absolute Gasteiger partial charge is 0.447 e. The molecule has 0 radical (unpaired) electrons. The maximum atomic E-state index is 11.2. The first-order valence-corrected chi connectivity index (χ1v) is 6.19. The van der Waals surface area contributed by atoms with Crippen LogP contribution in [0.1, 0.15) is 52.4 Å². The summed E-state index contributed by atoms with van der Waals surface area (Å²) < 4.78 is 5.04. The largest absolute Gasteiger partial charge is 0.550 e. The Hall–Kier alpha value is -1.46. The Morgan fingerprint density at radius 2 is 1.78 bits per heavy atom. The Labute approximate surface area is 106 Å². The first-order valence-electron chi connectivity index (χ1n) is 6.19. The predicted molar refractivity (Wildman–Crippen MR) is 61.9 cm³/mol. The predicted octanol–water partition coefficient (Wildman–Crippen LogP) is 3.50. The summed E-state index contributed by atoms with van der Waals surface area (Å²) in [6, 6.07) is 0. The Morgan fingerprint density at radius 3 is 2.33 bits per heavy atom. The summed E-state index contributed by atoms with van der Waals surface area (Å²) in [5.41, 5.74) is -0.680. The molecule has 0 unspecified atom stereocenters. The molecule has 0 bridgehead atoms. The molecule has 1 fully saturated rings. The molecule has 0 aromatic rings. The highest BCUT2D eigenvalue weighted by Gasteiger charge is 2.29. The van der Waals surface area contributed by atoms with Gasteiger partial charge < -0.3 is 9.84 Å². The molecule has 1 aliphatic rings. The zero-order valence-electron chi connectivity index (χ0n) is 10.8. The lowest BCUT2D eigenvalue weighted by Crippen LogP contribution is -2.32. The van der Waals surface area contributed by atoms with Crippen molar-refractivity contribution in [2.24, 2.45) is 5.92 Å². The van der Waals surface area contributed by atoms with E-state index in [1.807, 2.05) is 0 Å². The van der Waals surface area contributed by atoms with Gasteiger partial charge in [0.25, 0.3) is 0 Å². The molecule has 6 heteroatoms. The Kier molecular flexibility index (Phi) is 5.25. The standard InChI is InChI=1S/C12H20O6/c1-12(2,8-9-6-4-3-5-7-9)16-11(15)18-17-10(13)14/h9H,3-8H2,1-2H3,(H,13,14). The number of hydrogen-bond acceptors (Lipinski definition) is 5. The van der Waals surface area contributed by atoms with E-state index < -0.39 is 17.9 Å². The highest BCUT2D eigenvalue weighted by Crippen LogP contribution is 2.32. The van der Waals surface area contributed by atoms with Gasteiger partial charge in [-0.05, 0) is 26.2 Å². The zero-order valence-corrected chi connectivity index (χ0v) is 10.8. The molecule has 18 heavy (non-hydrogen) atoms. The fourth-order valence-electron chi connectivity index (χ4n) is 2.44. The molecule has 104 valence electrons. The maximum absolute atomic E-state index is 11.2. The van der Waals surface area contributed by atoms with Crippen LogP contribution in [0.4, 0.5) is 9.59 Å². The van der Waals surface area contributed by atoms with E-state index in [2.05, 4.69) is 9.78 Å². The summed E-state index contributed by atoms with van der Waals surface area (Å²) >= 11 is 0. The number of carboxylic acid groups (broad SMARTS) is 1. The van der Waals surface area contributed by atoms with E-state index >= 15 is 0 Å². The summed E-state index contributed by atoms with van der Waals surface area (Å²) in [6.07, 6.45) is 3.93. The van der Waals surface area contributed by atoms with Crippen LogP contribution < -0.4 is 0 Å². The zero-order chi connectivity index (χ0) is 13.6. The van der Waals surface area contributed by atoms with Crippen LogP contribution in [0.3, 0.4) is 0 Å². The van der Waals surface area contributed by atoms with Crippen molar-refractivity contribution >= 4 is 12.3 Å². The van der Waals surface area contributed by atoms with Gasteiger partial charge in [0.2, 0.25) is 0 Å². The van der Waals surface area contributed by atoms with Crippen molar-refractivity contribution in [3.63, 3.8) is 0 Å². The lowest BCUT2D eigenvalue weighted by molar-refractivity contribution is -0.223. The second-order valence-corrected chi connectivity index (χ2v) is 5.25. The van der Waals surface area contributed by atoms with Crippen LogP contribution >= 0.6 is 0 Å². The molecular weight excluding hydrogens is 240 g/mol. The monoisotopic (exact) mass is 260 g/mol. The van der Waals surface area contributed by atoms with Crippen molar-refractivity contribution in [1.29, 1.82) is 0 Å². The molecule has 0 amide bonds. The molecule has 0 aromatic heterocycles. The second-order valence-electron chi connectivity index (χ2n) is 5.25. The normalized spacial score (nSPS) is 17.0. The SMILES string of the molecule is CC(C)(CC1CCCCC1)OC(=O)OOC(=O)O. The van der Waals surface area contributed by atoms with Gasteiger partial charge in [-0.2, -0.15) is 9.68 Å². The minimum atomic E-state index is -1.68. The number of carbonyl (C=O) groups is 2. The first-order chi connectivity index (χ1) is 8.39. The molecule has 0 aliphatic heterocycles. The number of carbonyl (C=O) groups excluding carboxylic acids is 1. The fraction of sp³-hybridized carbons (Fsp3) is 0.833. The first kappa shape index (κ1) is 14.6. The summed E-state index contributed by atoms with van der Waals surface area (Å²) in [4.78, 5) is 28.9. The van der Waals surface area contributed by atoms with E-state index in [1.165, 1.54) is 19.3 Å². The molecule has 0 saturated heterocycles. The third-order valence-electron chi connectivity index (χ3n) is 3.05. The minimum Gasteiger partial charge on any atom is -0.447 e. The Balaban J connectivity index is 2.33. The van der Waals surface area contributed by atoms with Crippen LogP contribution in [-0.4, -0.2) is 23.0 Å². The van der Waals surface area contributed by atoms with E-state index in [0.29, 0.717) is 5.92 Å². The minimum absolute atomic E-state index is 0.543. The van der Waals surface area contributed by atoms with Crippen molar-refractivity contribution in [3.05, 3.63) is 0 Å². The summed E-state index contributed by atoms with van der Waals surface area (Å²) in [7, 11) is 0. The lowest BCUT2D eigenvalue weighted by atomic mass is 9.82. The van der Waals surface area contributed by atoms with Crippen LogP contribution in [-0.2, 0) is 14.5 Å². The highest BCUT2D eigenvalue weighted by atomic mass is 17.3. The van der Waals surface area contributed by atoms with E-state index in [1.54, 1.807) is 13.8 Å². The van der Waals surface area contributed by atoms with Gasteiger partial charge in [-0.25, -0.2) is 9.68 Å². The van der Waals surface area contributed by atoms with Crippen LogP contribution in [0.15, 0.2) is 0 Å². The average molecular weight is 260 g/mol. The number of ether oxygens (including phenoxy) is 1. The average Bonchev–Trinajstić information content (AvgIpc) is 2.26. The molecule has 0 spiro atoms. The van der Waals surface area contributed by atoms with Crippen molar-refractivity contribution in [2.45, 2.75) is 58.0 Å². The van der Waals surface area contributed by atoms with Gasteiger partial charge in [-0.1, -0.05) is 32.1 Å². The molecule has 1 aliphatic carbocycles. The highest BCUT2D eigenvalue weighted by molar-refractivity contribution is 5.62. The Bertz CT molecular complexity index is 293. The molecule has 0 aromatic carbocycles. The third kappa shape index (κ3) is 5.75. The van der Waals surface area contributed by atoms with Gasteiger partial charge in [-0.15, -0.1) is 0 Å². The summed E-state index contributed by atoms with van der Waals surface area (Å²) in [5.74, 6) is 0.543.